The highest BCUT2D eigenvalue weighted by Crippen LogP contribution is 2.21. The number of nitrogens with zero attached hydrogens (tertiary/aromatic N) is 1. The predicted octanol–water partition coefficient (Wildman–Crippen LogP) is -0.375. The molecule has 60 valence electrons. The lowest BCUT2D eigenvalue weighted by Crippen LogP contribution is -2.29. The van der Waals surface area contributed by atoms with Crippen molar-refractivity contribution in [2.45, 2.75) is 6.42 Å². The number of benzene rings is 1. The largest absolute Gasteiger partial charge is 0.488 e. The molecule has 1 heterocycles. The van der Waals surface area contributed by atoms with Crippen molar-refractivity contribution in [3.05, 3.63) is 23.8 Å². The Kier molecular flexibility index (Phi) is 1.71. The van der Waals surface area contributed by atoms with Crippen LogP contribution in [0.2, 0.25) is 0 Å². The Morgan fingerprint density at radius 3 is 2.92 bits per heavy atom. The highest BCUT2D eigenvalue weighted by atomic mass is 16.4. The lowest BCUT2D eigenvalue weighted by atomic mass is 9.79. The highest BCUT2D eigenvalue weighted by Gasteiger charge is 2.14. The van der Waals surface area contributed by atoms with Crippen LogP contribution in [0.4, 0.5) is 5.69 Å². The van der Waals surface area contributed by atoms with Gasteiger partial charge in [-0.25, -0.2) is 0 Å². The lowest BCUT2D eigenvalue weighted by molar-refractivity contribution is 0.426. The van der Waals surface area contributed by atoms with Crippen molar-refractivity contribution in [2.24, 2.45) is 4.99 Å². The number of aliphatic imine (C=N–C) groups is 1. The van der Waals surface area contributed by atoms with Crippen molar-refractivity contribution in [3.8, 4) is 0 Å². The third kappa shape index (κ3) is 1.15. The molecule has 1 aliphatic heterocycles. The first-order valence-corrected chi connectivity index (χ1v) is 3.79. The van der Waals surface area contributed by atoms with E-state index in [0.29, 0.717) is 5.46 Å². The molecule has 0 atom stereocenters. The molecule has 1 aromatic carbocycles. The van der Waals surface area contributed by atoms with Crippen molar-refractivity contribution in [3.63, 3.8) is 0 Å². The van der Waals surface area contributed by atoms with E-state index in [4.69, 9.17) is 10.0 Å². The van der Waals surface area contributed by atoms with Gasteiger partial charge in [-0.05, 0) is 17.1 Å². The summed E-state index contributed by atoms with van der Waals surface area (Å²) in [5.74, 6) is 0. The van der Waals surface area contributed by atoms with Crippen molar-refractivity contribution < 1.29 is 10.0 Å². The molecule has 0 aliphatic carbocycles. The highest BCUT2D eigenvalue weighted by molar-refractivity contribution is 6.58. The zero-order valence-electron chi connectivity index (χ0n) is 6.44. The molecule has 2 N–H and O–H groups in total. The normalized spacial score (nSPS) is 13.2. The molecule has 4 heteroatoms. The van der Waals surface area contributed by atoms with Gasteiger partial charge in [-0.1, -0.05) is 12.1 Å². The van der Waals surface area contributed by atoms with Gasteiger partial charge in [0.15, 0.2) is 0 Å². The second-order valence-electron chi connectivity index (χ2n) is 2.78. The number of rotatable bonds is 1. The van der Waals surface area contributed by atoms with Gasteiger partial charge in [0.25, 0.3) is 0 Å². The SMILES string of the molecule is OB(O)c1ccc2c(c1)N=CC2. The first-order valence-electron chi connectivity index (χ1n) is 3.79. The quantitative estimate of drug-likeness (QED) is 0.551. The van der Waals surface area contributed by atoms with E-state index in [-0.39, 0.29) is 0 Å². The van der Waals surface area contributed by atoms with Gasteiger partial charge in [0.1, 0.15) is 0 Å². The zero-order valence-corrected chi connectivity index (χ0v) is 6.44. The van der Waals surface area contributed by atoms with E-state index in [1.54, 1.807) is 12.1 Å². The van der Waals surface area contributed by atoms with Gasteiger partial charge in [-0.15, -0.1) is 0 Å². The van der Waals surface area contributed by atoms with Gasteiger partial charge in [-0.3, -0.25) is 4.99 Å². The molecule has 1 aliphatic rings. The summed E-state index contributed by atoms with van der Waals surface area (Å²) in [6.07, 6.45) is 2.66. The van der Waals surface area contributed by atoms with Gasteiger partial charge >= 0.3 is 7.12 Å². The van der Waals surface area contributed by atoms with Crippen LogP contribution >= 0.6 is 0 Å². The third-order valence-electron chi connectivity index (χ3n) is 1.95. The topological polar surface area (TPSA) is 52.8 Å². The maximum absolute atomic E-state index is 8.86. The second-order valence-corrected chi connectivity index (χ2v) is 2.78. The van der Waals surface area contributed by atoms with Crippen molar-refractivity contribution in [1.29, 1.82) is 0 Å². The average molecular weight is 161 g/mol. The second kappa shape index (κ2) is 2.73. The molecule has 0 amide bonds. The number of hydrogen-bond acceptors (Lipinski definition) is 3. The molecule has 0 unspecified atom stereocenters. The molecule has 0 saturated heterocycles. The molecule has 1 aromatic rings. The fraction of sp³-hybridized carbons (Fsp3) is 0.125. The van der Waals surface area contributed by atoms with Crippen LogP contribution in [0.3, 0.4) is 0 Å². The average Bonchev–Trinajstić information content (AvgIpc) is 2.49. The zero-order chi connectivity index (χ0) is 8.55. The van der Waals surface area contributed by atoms with Crippen LogP contribution in [0.25, 0.3) is 0 Å². The molecule has 0 radical (unpaired) electrons. The van der Waals surface area contributed by atoms with Crippen LogP contribution in [-0.4, -0.2) is 23.4 Å². The Balaban J connectivity index is 2.44. The molecule has 0 saturated carbocycles. The summed E-state index contributed by atoms with van der Waals surface area (Å²) in [5, 5.41) is 17.7. The van der Waals surface area contributed by atoms with E-state index < -0.39 is 7.12 Å². The van der Waals surface area contributed by atoms with Crippen LogP contribution in [-0.2, 0) is 6.42 Å². The third-order valence-corrected chi connectivity index (χ3v) is 1.95. The molecule has 0 bridgehead atoms. The minimum absolute atomic E-state index is 0.493. The predicted molar refractivity (Wildman–Crippen MR) is 48.1 cm³/mol. The number of fused-ring (bicyclic) bond motifs is 1. The fourth-order valence-electron chi connectivity index (χ4n) is 1.28. The van der Waals surface area contributed by atoms with Crippen LogP contribution < -0.4 is 5.46 Å². The van der Waals surface area contributed by atoms with Gasteiger partial charge in [-0.2, -0.15) is 0 Å². The van der Waals surface area contributed by atoms with Crippen molar-refractivity contribution >= 4 is 24.5 Å². The molecule has 2 rings (SSSR count). The van der Waals surface area contributed by atoms with E-state index in [1.165, 1.54) is 0 Å². The van der Waals surface area contributed by atoms with E-state index >= 15 is 0 Å². The summed E-state index contributed by atoms with van der Waals surface area (Å²) in [6, 6.07) is 5.28. The summed E-state index contributed by atoms with van der Waals surface area (Å²) in [4.78, 5) is 4.10. The minimum atomic E-state index is -1.40. The maximum Gasteiger partial charge on any atom is 0.488 e. The molecule has 3 nitrogen and oxygen atoms in total. The summed E-state index contributed by atoms with van der Waals surface area (Å²) >= 11 is 0. The molecular formula is C8H8BNO2. The van der Waals surface area contributed by atoms with Gasteiger partial charge in [0, 0.05) is 12.6 Å². The number of hydrogen-bond donors (Lipinski definition) is 2. The lowest BCUT2D eigenvalue weighted by Gasteiger charge is -2.01. The molecule has 0 spiro atoms. The Morgan fingerprint density at radius 1 is 1.33 bits per heavy atom. The van der Waals surface area contributed by atoms with Gasteiger partial charge < -0.3 is 10.0 Å². The standard InChI is InChI=1S/C8H8BNO2/c11-9(12)7-2-1-6-3-4-10-8(6)5-7/h1-2,4-5,11-12H,3H2. The van der Waals surface area contributed by atoms with Crippen LogP contribution in [0, 0.1) is 0 Å². The summed E-state index contributed by atoms with van der Waals surface area (Å²) < 4.78 is 0. The monoisotopic (exact) mass is 161 g/mol. The first-order chi connectivity index (χ1) is 5.77. The summed E-state index contributed by atoms with van der Waals surface area (Å²) in [7, 11) is -1.40. The van der Waals surface area contributed by atoms with E-state index in [9.17, 15) is 0 Å². The molecule has 12 heavy (non-hydrogen) atoms. The molecular weight excluding hydrogens is 153 g/mol. The van der Waals surface area contributed by atoms with Crippen LogP contribution in [0.15, 0.2) is 23.2 Å². The van der Waals surface area contributed by atoms with E-state index in [2.05, 4.69) is 4.99 Å². The van der Waals surface area contributed by atoms with E-state index in [0.717, 1.165) is 17.7 Å². The van der Waals surface area contributed by atoms with Gasteiger partial charge in [0.2, 0.25) is 0 Å². The van der Waals surface area contributed by atoms with Crippen LogP contribution in [0.5, 0.6) is 0 Å². The smallest absolute Gasteiger partial charge is 0.423 e. The molecule has 0 aromatic heterocycles. The first kappa shape index (κ1) is 7.52. The summed E-state index contributed by atoms with van der Waals surface area (Å²) in [5.41, 5.74) is 2.48. The summed E-state index contributed by atoms with van der Waals surface area (Å²) in [6.45, 7) is 0. The minimum Gasteiger partial charge on any atom is -0.423 e. The Bertz CT molecular complexity index is 336. The fourth-order valence-corrected chi connectivity index (χ4v) is 1.28. The van der Waals surface area contributed by atoms with Crippen molar-refractivity contribution in [2.75, 3.05) is 0 Å². The Morgan fingerprint density at radius 2 is 2.17 bits per heavy atom. The molecule has 0 fully saturated rings. The maximum atomic E-state index is 8.86. The Hall–Kier alpha value is -1.13. The van der Waals surface area contributed by atoms with Gasteiger partial charge in [0.05, 0.1) is 5.69 Å². The van der Waals surface area contributed by atoms with E-state index in [1.807, 2.05) is 12.3 Å². The Labute approximate surface area is 70.5 Å². The van der Waals surface area contributed by atoms with Crippen LogP contribution in [0.1, 0.15) is 5.56 Å². The van der Waals surface area contributed by atoms with Crippen molar-refractivity contribution in [1.82, 2.24) is 0 Å².